The van der Waals surface area contributed by atoms with Crippen LogP contribution in [0, 0.1) is 11.3 Å². The van der Waals surface area contributed by atoms with Crippen molar-refractivity contribution in [2.75, 3.05) is 31.6 Å². The quantitative estimate of drug-likeness (QED) is 0.733. The Morgan fingerprint density at radius 1 is 1.35 bits per heavy atom. The van der Waals surface area contributed by atoms with E-state index in [0.29, 0.717) is 5.69 Å². The van der Waals surface area contributed by atoms with Crippen LogP contribution in [-0.4, -0.2) is 42.1 Å². The summed E-state index contributed by atoms with van der Waals surface area (Å²) in [7, 11) is 2.16. The Kier molecular flexibility index (Phi) is 3.03. The van der Waals surface area contributed by atoms with Gasteiger partial charge in [0.1, 0.15) is 11.8 Å². The third-order valence-electron chi connectivity index (χ3n) is 3.54. The molecule has 90 valence electrons. The fourth-order valence-corrected chi connectivity index (χ4v) is 2.10. The molecule has 0 spiro atoms. The number of anilines is 1. The van der Waals surface area contributed by atoms with Crippen LogP contribution in [0.5, 0.6) is 0 Å². The second kappa shape index (κ2) is 4.34. The summed E-state index contributed by atoms with van der Waals surface area (Å²) in [6, 6.07) is 5.80. The lowest BCUT2D eigenvalue weighted by Crippen LogP contribution is -2.57. The third kappa shape index (κ3) is 2.40. The van der Waals surface area contributed by atoms with E-state index in [0.717, 1.165) is 25.3 Å². The SMILES string of the molecule is CN1CCN(c2ccc(C#N)nc2)CC1(C)C. The molecule has 0 saturated carbocycles. The Hall–Kier alpha value is -1.60. The number of hydrogen-bond acceptors (Lipinski definition) is 4. The predicted molar refractivity (Wildman–Crippen MR) is 67.9 cm³/mol. The molecule has 17 heavy (non-hydrogen) atoms. The summed E-state index contributed by atoms with van der Waals surface area (Å²) >= 11 is 0. The van der Waals surface area contributed by atoms with Gasteiger partial charge in [0.15, 0.2) is 0 Å². The zero-order valence-electron chi connectivity index (χ0n) is 10.6. The number of hydrogen-bond donors (Lipinski definition) is 0. The zero-order valence-corrected chi connectivity index (χ0v) is 10.6. The standard InChI is InChI=1S/C13H18N4/c1-13(2)10-17(7-6-16(13)3)12-5-4-11(8-14)15-9-12/h4-5,9H,6-7,10H2,1-3H3. The Morgan fingerprint density at radius 2 is 2.12 bits per heavy atom. The fraction of sp³-hybridized carbons (Fsp3) is 0.538. The normalized spacial score (nSPS) is 20.0. The largest absolute Gasteiger partial charge is 0.367 e. The van der Waals surface area contributed by atoms with Crippen molar-refractivity contribution in [1.82, 2.24) is 9.88 Å². The van der Waals surface area contributed by atoms with Gasteiger partial charge in [0.05, 0.1) is 11.9 Å². The van der Waals surface area contributed by atoms with Gasteiger partial charge < -0.3 is 4.90 Å². The van der Waals surface area contributed by atoms with Gasteiger partial charge in [0, 0.05) is 25.2 Å². The molecule has 0 amide bonds. The number of piperazine rings is 1. The molecular weight excluding hydrogens is 212 g/mol. The number of aromatic nitrogens is 1. The summed E-state index contributed by atoms with van der Waals surface area (Å²) in [6.07, 6.45) is 1.79. The van der Waals surface area contributed by atoms with Crippen LogP contribution in [0.1, 0.15) is 19.5 Å². The number of likely N-dealkylation sites (N-methyl/N-ethyl adjacent to an activating group) is 1. The summed E-state index contributed by atoms with van der Waals surface area (Å²) in [6.45, 7) is 7.53. The van der Waals surface area contributed by atoms with E-state index in [1.807, 2.05) is 12.1 Å². The summed E-state index contributed by atoms with van der Waals surface area (Å²) in [5.41, 5.74) is 1.75. The van der Waals surface area contributed by atoms with Crippen molar-refractivity contribution in [3.8, 4) is 6.07 Å². The molecule has 2 rings (SSSR count). The van der Waals surface area contributed by atoms with Gasteiger partial charge >= 0.3 is 0 Å². The minimum Gasteiger partial charge on any atom is -0.367 e. The first-order valence-electron chi connectivity index (χ1n) is 5.85. The van der Waals surface area contributed by atoms with Crippen molar-refractivity contribution in [3.63, 3.8) is 0 Å². The first-order chi connectivity index (χ1) is 8.03. The van der Waals surface area contributed by atoms with Gasteiger partial charge in [-0.05, 0) is 33.0 Å². The Bertz CT molecular complexity index is 430. The van der Waals surface area contributed by atoms with Crippen molar-refractivity contribution in [1.29, 1.82) is 5.26 Å². The van der Waals surface area contributed by atoms with E-state index in [1.165, 1.54) is 0 Å². The molecule has 2 heterocycles. The highest BCUT2D eigenvalue weighted by Gasteiger charge is 2.31. The van der Waals surface area contributed by atoms with Crippen molar-refractivity contribution < 1.29 is 0 Å². The molecule has 4 heteroatoms. The van der Waals surface area contributed by atoms with Crippen molar-refractivity contribution in [2.24, 2.45) is 0 Å². The predicted octanol–water partition coefficient (Wildman–Crippen LogP) is 1.48. The summed E-state index contributed by atoms with van der Waals surface area (Å²) < 4.78 is 0. The molecule has 0 radical (unpaired) electrons. The van der Waals surface area contributed by atoms with Crippen LogP contribution in [0.2, 0.25) is 0 Å². The number of pyridine rings is 1. The average molecular weight is 230 g/mol. The molecule has 4 nitrogen and oxygen atoms in total. The van der Waals surface area contributed by atoms with Gasteiger partial charge in [0.2, 0.25) is 0 Å². The van der Waals surface area contributed by atoms with E-state index < -0.39 is 0 Å². The van der Waals surface area contributed by atoms with E-state index in [-0.39, 0.29) is 5.54 Å². The van der Waals surface area contributed by atoms with E-state index >= 15 is 0 Å². The lowest BCUT2D eigenvalue weighted by molar-refractivity contribution is 0.139. The topological polar surface area (TPSA) is 43.2 Å². The molecule has 0 bridgehead atoms. The fourth-order valence-electron chi connectivity index (χ4n) is 2.10. The van der Waals surface area contributed by atoms with Gasteiger partial charge in [-0.25, -0.2) is 4.98 Å². The molecule has 0 aliphatic carbocycles. The number of nitrogens with zero attached hydrogens (tertiary/aromatic N) is 4. The van der Waals surface area contributed by atoms with Crippen LogP contribution in [0.15, 0.2) is 18.3 Å². The Labute approximate surface area is 102 Å². The molecular formula is C13H18N4. The van der Waals surface area contributed by atoms with Gasteiger partial charge in [-0.1, -0.05) is 0 Å². The molecule has 1 aliphatic rings. The lowest BCUT2D eigenvalue weighted by atomic mass is 9.99. The maximum absolute atomic E-state index is 8.72. The highest BCUT2D eigenvalue weighted by molar-refractivity contribution is 5.47. The van der Waals surface area contributed by atoms with E-state index in [4.69, 9.17) is 5.26 Å². The Balaban J connectivity index is 2.15. The maximum Gasteiger partial charge on any atom is 0.140 e. The molecule has 1 aromatic rings. The van der Waals surface area contributed by atoms with Crippen molar-refractivity contribution in [3.05, 3.63) is 24.0 Å². The number of nitriles is 1. The van der Waals surface area contributed by atoms with Crippen LogP contribution in [-0.2, 0) is 0 Å². The molecule has 1 fully saturated rings. The first kappa shape index (κ1) is 11.9. The van der Waals surface area contributed by atoms with Gasteiger partial charge in [-0.3, -0.25) is 4.90 Å². The van der Waals surface area contributed by atoms with Crippen molar-refractivity contribution in [2.45, 2.75) is 19.4 Å². The minimum absolute atomic E-state index is 0.173. The van der Waals surface area contributed by atoms with Crippen LogP contribution in [0.3, 0.4) is 0 Å². The smallest absolute Gasteiger partial charge is 0.140 e. The third-order valence-corrected chi connectivity index (χ3v) is 3.54. The molecule has 1 saturated heterocycles. The molecule has 0 aromatic carbocycles. The maximum atomic E-state index is 8.72. The lowest BCUT2D eigenvalue weighted by Gasteiger charge is -2.46. The monoisotopic (exact) mass is 230 g/mol. The van der Waals surface area contributed by atoms with Crippen LogP contribution >= 0.6 is 0 Å². The van der Waals surface area contributed by atoms with Gasteiger partial charge in [0.25, 0.3) is 0 Å². The van der Waals surface area contributed by atoms with E-state index in [9.17, 15) is 0 Å². The second-order valence-electron chi connectivity index (χ2n) is 5.17. The zero-order chi connectivity index (χ0) is 12.5. The van der Waals surface area contributed by atoms with Crippen molar-refractivity contribution >= 4 is 5.69 Å². The summed E-state index contributed by atoms with van der Waals surface area (Å²) in [5, 5.41) is 8.72. The molecule has 0 N–H and O–H groups in total. The van der Waals surface area contributed by atoms with E-state index in [1.54, 1.807) is 12.3 Å². The Morgan fingerprint density at radius 3 is 2.65 bits per heavy atom. The average Bonchev–Trinajstić information content (AvgIpc) is 2.33. The summed E-state index contributed by atoms with van der Waals surface area (Å²) in [4.78, 5) is 8.83. The highest BCUT2D eigenvalue weighted by atomic mass is 15.3. The molecule has 0 unspecified atom stereocenters. The van der Waals surface area contributed by atoms with Crippen LogP contribution in [0.4, 0.5) is 5.69 Å². The molecule has 1 aliphatic heterocycles. The molecule has 0 atom stereocenters. The minimum atomic E-state index is 0.173. The number of rotatable bonds is 1. The highest BCUT2D eigenvalue weighted by Crippen LogP contribution is 2.23. The molecule has 1 aromatic heterocycles. The van der Waals surface area contributed by atoms with Crippen LogP contribution < -0.4 is 4.90 Å². The van der Waals surface area contributed by atoms with Gasteiger partial charge in [-0.15, -0.1) is 0 Å². The van der Waals surface area contributed by atoms with Gasteiger partial charge in [-0.2, -0.15) is 5.26 Å². The van der Waals surface area contributed by atoms with Crippen LogP contribution in [0.25, 0.3) is 0 Å². The summed E-state index contributed by atoms with van der Waals surface area (Å²) in [5.74, 6) is 0. The first-order valence-corrected chi connectivity index (χ1v) is 5.85. The van der Waals surface area contributed by atoms with E-state index in [2.05, 4.69) is 35.7 Å². The second-order valence-corrected chi connectivity index (χ2v) is 5.17.